The fourth-order valence-electron chi connectivity index (χ4n) is 1.59. The topological polar surface area (TPSA) is 57.5 Å². The van der Waals surface area contributed by atoms with Crippen molar-refractivity contribution in [3.05, 3.63) is 48.3 Å². The molecule has 1 aromatic rings. The Kier molecular flexibility index (Phi) is 4.42. The van der Waals surface area contributed by atoms with Crippen LogP contribution in [-0.2, 0) is 4.57 Å². The summed E-state index contributed by atoms with van der Waals surface area (Å²) in [4.78, 5) is 17.8. The average Bonchev–Trinajstić information content (AvgIpc) is 2.16. The molecule has 5 heteroatoms. The molecule has 0 aliphatic rings. The van der Waals surface area contributed by atoms with Gasteiger partial charge < -0.3 is 9.79 Å². The zero-order valence-electron chi connectivity index (χ0n) is 8.71. The maximum absolute atomic E-state index is 13.5. The molecule has 0 saturated carbocycles. The minimum Gasteiger partial charge on any atom is -0.324 e. The molecule has 0 aromatic heterocycles. The minimum atomic E-state index is -4.15. The van der Waals surface area contributed by atoms with E-state index in [4.69, 9.17) is 9.79 Å². The quantitative estimate of drug-likeness (QED) is 0.618. The number of halogens is 1. The number of hydrogen-bond acceptors (Lipinski definition) is 1. The van der Waals surface area contributed by atoms with Crippen molar-refractivity contribution < 1.29 is 18.7 Å². The molecule has 1 aromatic carbocycles. The predicted octanol–water partition coefficient (Wildman–Crippen LogP) is 2.66. The van der Waals surface area contributed by atoms with Crippen molar-refractivity contribution in [3.8, 4) is 0 Å². The fourth-order valence-corrected chi connectivity index (χ4v) is 2.51. The first-order valence-corrected chi connectivity index (χ1v) is 6.63. The van der Waals surface area contributed by atoms with Gasteiger partial charge in [0.1, 0.15) is 5.82 Å². The highest BCUT2D eigenvalue weighted by Crippen LogP contribution is 2.41. The maximum Gasteiger partial charge on any atom is 0.326 e. The molecule has 0 amide bonds. The van der Waals surface area contributed by atoms with E-state index >= 15 is 0 Å². The third kappa shape index (κ3) is 3.89. The van der Waals surface area contributed by atoms with Crippen molar-refractivity contribution in [1.82, 2.24) is 0 Å². The molecule has 0 heterocycles. The van der Waals surface area contributed by atoms with Crippen LogP contribution in [0.15, 0.2) is 36.9 Å². The van der Waals surface area contributed by atoms with E-state index in [0.29, 0.717) is 12.0 Å². The molecule has 1 atom stereocenters. The molecular weight excluding hydrogens is 230 g/mol. The highest BCUT2D eigenvalue weighted by atomic mass is 31.2. The Morgan fingerprint density at radius 2 is 2.06 bits per heavy atom. The lowest BCUT2D eigenvalue weighted by atomic mass is 9.97. The largest absolute Gasteiger partial charge is 0.326 e. The van der Waals surface area contributed by atoms with Crippen LogP contribution >= 0.6 is 7.60 Å². The van der Waals surface area contributed by atoms with Gasteiger partial charge in [-0.15, -0.1) is 6.58 Å². The molecule has 0 saturated heterocycles. The second kappa shape index (κ2) is 5.39. The van der Waals surface area contributed by atoms with Crippen LogP contribution in [0.2, 0.25) is 0 Å². The lowest BCUT2D eigenvalue weighted by molar-refractivity contribution is 0.368. The molecule has 0 aliphatic carbocycles. The van der Waals surface area contributed by atoms with Gasteiger partial charge in [-0.1, -0.05) is 24.3 Å². The van der Waals surface area contributed by atoms with Crippen molar-refractivity contribution in [3.63, 3.8) is 0 Å². The van der Waals surface area contributed by atoms with Crippen molar-refractivity contribution in [2.45, 2.75) is 12.3 Å². The molecule has 0 bridgehead atoms. The molecular formula is C11H14FO3P. The summed E-state index contributed by atoms with van der Waals surface area (Å²) in [6, 6.07) is 6.01. The summed E-state index contributed by atoms with van der Waals surface area (Å²) in [5.41, 5.74) is 0.325. The Bertz CT molecular complexity index is 413. The zero-order chi connectivity index (χ0) is 12.2. The second-order valence-corrected chi connectivity index (χ2v) is 5.28. The first-order valence-electron chi connectivity index (χ1n) is 4.84. The molecule has 16 heavy (non-hydrogen) atoms. The van der Waals surface area contributed by atoms with Crippen LogP contribution in [0, 0.1) is 5.82 Å². The Morgan fingerprint density at radius 1 is 1.44 bits per heavy atom. The first-order chi connectivity index (χ1) is 7.44. The fraction of sp³-hybridized carbons (Fsp3) is 0.273. The smallest absolute Gasteiger partial charge is 0.324 e. The molecule has 0 spiro atoms. The van der Waals surface area contributed by atoms with E-state index in [0.717, 1.165) is 0 Å². The van der Waals surface area contributed by atoms with Gasteiger partial charge in [-0.2, -0.15) is 0 Å². The van der Waals surface area contributed by atoms with Crippen molar-refractivity contribution >= 4 is 7.60 Å². The van der Waals surface area contributed by atoms with Gasteiger partial charge >= 0.3 is 7.60 Å². The summed E-state index contributed by atoms with van der Waals surface area (Å²) < 4.78 is 24.4. The number of rotatable bonds is 5. The predicted molar refractivity (Wildman–Crippen MR) is 60.9 cm³/mol. The standard InChI is InChI=1S/C11H14FO3P/c1-2-5-9(8-16(13,14)15)10-6-3-4-7-11(10)12/h2-4,6-7,9H,1,5,8H2,(H2,13,14,15). The van der Waals surface area contributed by atoms with Crippen LogP contribution in [0.1, 0.15) is 17.9 Å². The summed E-state index contributed by atoms with van der Waals surface area (Å²) in [7, 11) is -4.15. The average molecular weight is 244 g/mol. The number of allylic oxidation sites excluding steroid dienone is 1. The van der Waals surface area contributed by atoms with E-state index in [-0.39, 0.29) is 6.16 Å². The molecule has 1 rings (SSSR count). The van der Waals surface area contributed by atoms with Crippen LogP contribution in [0.4, 0.5) is 4.39 Å². The molecule has 0 aliphatic heterocycles. The Morgan fingerprint density at radius 3 is 2.56 bits per heavy atom. The lowest BCUT2D eigenvalue weighted by Crippen LogP contribution is -2.06. The van der Waals surface area contributed by atoms with Crippen LogP contribution in [0.3, 0.4) is 0 Å². The van der Waals surface area contributed by atoms with E-state index in [1.807, 2.05) is 0 Å². The van der Waals surface area contributed by atoms with Gasteiger partial charge in [0.15, 0.2) is 0 Å². The summed E-state index contributed by atoms with van der Waals surface area (Å²) in [6.45, 7) is 3.51. The second-order valence-electron chi connectivity index (χ2n) is 3.59. The monoisotopic (exact) mass is 244 g/mol. The van der Waals surface area contributed by atoms with E-state index < -0.39 is 19.3 Å². The lowest BCUT2D eigenvalue weighted by Gasteiger charge is -2.16. The van der Waals surface area contributed by atoms with Crippen LogP contribution in [-0.4, -0.2) is 15.9 Å². The van der Waals surface area contributed by atoms with E-state index in [1.165, 1.54) is 12.1 Å². The Balaban J connectivity index is 2.98. The molecule has 2 N–H and O–H groups in total. The van der Waals surface area contributed by atoms with Gasteiger partial charge in [-0.3, -0.25) is 4.57 Å². The van der Waals surface area contributed by atoms with E-state index in [1.54, 1.807) is 18.2 Å². The molecule has 1 unspecified atom stereocenters. The van der Waals surface area contributed by atoms with Crippen LogP contribution in [0.5, 0.6) is 0 Å². The van der Waals surface area contributed by atoms with Crippen molar-refractivity contribution in [2.75, 3.05) is 6.16 Å². The number of benzene rings is 1. The normalized spacial score (nSPS) is 13.4. The summed E-state index contributed by atoms with van der Waals surface area (Å²) in [5.74, 6) is -0.970. The summed E-state index contributed by atoms with van der Waals surface area (Å²) in [5, 5.41) is 0. The van der Waals surface area contributed by atoms with E-state index in [2.05, 4.69) is 6.58 Å². The van der Waals surface area contributed by atoms with Crippen molar-refractivity contribution in [1.29, 1.82) is 0 Å². The summed E-state index contributed by atoms with van der Waals surface area (Å²) in [6.07, 6.45) is 1.51. The van der Waals surface area contributed by atoms with E-state index in [9.17, 15) is 8.96 Å². The van der Waals surface area contributed by atoms with Crippen LogP contribution in [0.25, 0.3) is 0 Å². The molecule has 0 radical (unpaired) electrons. The number of hydrogen-bond donors (Lipinski definition) is 2. The SMILES string of the molecule is C=CCC(CP(=O)(O)O)c1ccccc1F. The van der Waals surface area contributed by atoms with Gasteiger partial charge in [0.05, 0.1) is 6.16 Å². The van der Waals surface area contributed by atoms with Gasteiger partial charge in [0, 0.05) is 5.92 Å². The molecule has 3 nitrogen and oxygen atoms in total. The van der Waals surface area contributed by atoms with Gasteiger partial charge in [0.2, 0.25) is 0 Å². The third-order valence-electron chi connectivity index (χ3n) is 2.25. The maximum atomic E-state index is 13.5. The van der Waals surface area contributed by atoms with Gasteiger partial charge in [-0.25, -0.2) is 4.39 Å². The van der Waals surface area contributed by atoms with Gasteiger partial charge in [-0.05, 0) is 18.1 Å². The molecule has 0 fully saturated rings. The minimum absolute atomic E-state index is 0.325. The van der Waals surface area contributed by atoms with Crippen molar-refractivity contribution in [2.24, 2.45) is 0 Å². The highest BCUT2D eigenvalue weighted by molar-refractivity contribution is 7.51. The van der Waals surface area contributed by atoms with Crippen LogP contribution < -0.4 is 0 Å². The first kappa shape index (κ1) is 13.1. The van der Waals surface area contributed by atoms with Gasteiger partial charge in [0.25, 0.3) is 0 Å². The Labute approximate surface area is 93.8 Å². The highest BCUT2D eigenvalue weighted by Gasteiger charge is 2.23. The Hall–Kier alpha value is -0.960. The summed E-state index contributed by atoms with van der Waals surface area (Å²) >= 11 is 0. The molecule has 88 valence electrons. The third-order valence-corrected chi connectivity index (χ3v) is 3.17. The zero-order valence-corrected chi connectivity index (χ0v) is 9.61.